The number of rotatable bonds is 23. The van der Waals surface area contributed by atoms with E-state index in [0.29, 0.717) is 101 Å². The summed E-state index contributed by atoms with van der Waals surface area (Å²) >= 11 is 0. The quantitative estimate of drug-likeness (QED) is 0.0462. The van der Waals surface area contributed by atoms with Gasteiger partial charge < -0.3 is 39.5 Å². The molecule has 5 N–H and O–H groups in total. The van der Waals surface area contributed by atoms with Gasteiger partial charge in [-0.3, -0.25) is 33.9 Å². The van der Waals surface area contributed by atoms with Crippen LogP contribution in [0.5, 0.6) is 11.5 Å². The number of ether oxygens (including phenoxy) is 4. The van der Waals surface area contributed by atoms with E-state index in [1.807, 2.05) is 37.5 Å². The van der Waals surface area contributed by atoms with Crippen LogP contribution < -0.4 is 26.3 Å². The minimum Gasteiger partial charge on any atom is -0.491 e. The second kappa shape index (κ2) is 20.1. The van der Waals surface area contributed by atoms with Crippen molar-refractivity contribution in [3.05, 3.63) is 88.3 Å². The number of nitrogens with two attached hydrogens (primary N) is 2. The van der Waals surface area contributed by atoms with E-state index < -0.39 is 17.7 Å². The highest BCUT2D eigenvalue weighted by Crippen LogP contribution is 2.33. The molecule has 0 saturated carbocycles. The molecule has 19 heteroatoms. The molecule has 0 spiro atoms. The molecule has 2 aromatic carbocycles. The molecule has 0 saturated heterocycles. The minimum absolute atomic E-state index is 0.0786. The molecule has 62 heavy (non-hydrogen) atoms. The number of aromatic nitrogens is 8. The molecule has 0 aliphatic heterocycles. The van der Waals surface area contributed by atoms with Crippen molar-refractivity contribution >= 4 is 51.5 Å². The molecule has 0 fully saturated rings. The van der Waals surface area contributed by atoms with Crippen LogP contribution in [0.15, 0.2) is 48.6 Å². The van der Waals surface area contributed by atoms with Gasteiger partial charge in [0, 0.05) is 77.6 Å². The van der Waals surface area contributed by atoms with Gasteiger partial charge in [0.2, 0.25) is 17.8 Å². The van der Waals surface area contributed by atoms with Gasteiger partial charge in [0.05, 0.1) is 42.1 Å². The number of fused-ring (bicyclic) bond motifs is 2. The van der Waals surface area contributed by atoms with Crippen LogP contribution in [0, 0.1) is 13.8 Å². The Labute approximate surface area is 357 Å². The van der Waals surface area contributed by atoms with E-state index in [9.17, 15) is 19.2 Å². The summed E-state index contributed by atoms with van der Waals surface area (Å²) < 4.78 is 29.7. The van der Waals surface area contributed by atoms with Gasteiger partial charge in [0.1, 0.15) is 39.7 Å². The summed E-state index contributed by atoms with van der Waals surface area (Å²) in [7, 11) is 3.20. The summed E-state index contributed by atoms with van der Waals surface area (Å²) in [4.78, 5) is 62.2. The van der Waals surface area contributed by atoms with Crippen molar-refractivity contribution in [2.24, 2.45) is 11.5 Å². The van der Waals surface area contributed by atoms with Gasteiger partial charge in [-0.1, -0.05) is 12.2 Å². The Morgan fingerprint density at radius 3 is 1.71 bits per heavy atom. The molecular formula is C43H53N11O8. The third kappa shape index (κ3) is 10.0. The lowest BCUT2D eigenvalue weighted by Gasteiger charge is -2.13. The van der Waals surface area contributed by atoms with Crippen molar-refractivity contribution in [1.82, 2.24) is 38.7 Å². The number of benzene rings is 2. The maximum absolute atomic E-state index is 13.9. The number of Topliss-reactive ketones (excluding diaryl/α,β-unsaturated/α-hetero) is 1. The van der Waals surface area contributed by atoms with Crippen molar-refractivity contribution in [2.75, 3.05) is 46.0 Å². The molecule has 4 heterocycles. The summed E-state index contributed by atoms with van der Waals surface area (Å²) in [5.74, 6) is -0.626. The predicted molar refractivity (Wildman–Crippen MR) is 231 cm³/mol. The molecule has 0 aliphatic carbocycles. The third-order valence-electron chi connectivity index (χ3n) is 9.97. The summed E-state index contributed by atoms with van der Waals surface area (Å²) in [5.41, 5.74) is 15.9. The van der Waals surface area contributed by atoms with Gasteiger partial charge in [-0.15, -0.1) is 0 Å². The summed E-state index contributed by atoms with van der Waals surface area (Å²) in [6.07, 6.45) is 4.83. The molecule has 0 atom stereocenters. The molecule has 0 radical (unpaired) electrons. The highest BCUT2D eigenvalue weighted by Gasteiger charge is 2.24. The van der Waals surface area contributed by atoms with Crippen LogP contribution in [0.4, 0.5) is 5.95 Å². The summed E-state index contributed by atoms with van der Waals surface area (Å²) in [6, 6.07) is 9.71. The summed E-state index contributed by atoms with van der Waals surface area (Å²) in [5, 5.41) is 11.8. The SMILES string of the molecule is CCn1nc(C)cc1C(=O)Cc1nc2cc(C(N)=O)cc(OCCCOC)c2n1C/C=C/Cn1c(NC(=O)c2cc(C)nn2CC)nc2cc(C(N)=O)cc(OCCCOC)c21. The topological polar surface area (TPSA) is 241 Å². The van der Waals surface area contributed by atoms with Gasteiger partial charge in [0.15, 0.2) is 5.78 Å². The number of carbonyl (C=O) groups excluding carboxylic acids is 4. The number of amides is 3. The van der Waals surface area contributed by atoms with E-state index in [0.717, 1.165) is 0 Å². The molecule has 0 unspecified atom stereocenters. The first-order valence-corrected chi connectivity index (χ1v) is 20.4. The number of allylic oxidation sites excluding steroid dienone is 2. The van der Waals surface area contributed by atoms with E-state index in [1.54, 1.807) is 71.5 Å². The number of imidazole rings is 2. The lowest BCUT2D eigenvalue weighted by Crippen LogP contribution is -2.20. The molecule has 3 amide bonds. The van der Waals surface area contributed by atoms with Crippen molar-refractivity contribution in [3.8, 4) is 11.5 Å². The number of methoxy groups -OCH3 is 2. The first-order chi connectivity index (χ1) is 29.9. The Balaban J connectivity index is 1.42. The van der Waals surface area contributed by atoms with Crippen LogP contribution in [0.3, 0.4) is 0 Å². The minimum atomic E-state index is -0.669. The number of hydrogen-bond donors (Lipinski definition) is 3. The van der Waals surface area contributed by atoms with Gasteiger partial charge >= 0.3 is 0 Å². The van der Waals surface area contributed by atoms with E-state index in [2.05, 4.69) is 15.5 Å². The van der Waals surface area contributed by atoms with Crippen LogP contribution >= 0.6 is 0 Å². The number of aryl methyl sites for hydroxylation is 4. The smallest absolute Gasteiger partial charge is 0.276 e. The lowest BCUT2D eigenvalue weighted by molar-refractivity contribution is 0.0975. The van der Waals surface area contributed by atoms with Crippen LogP contribution in [0.2, 0.25) is 0 Å². The Hall–Kier alpha value is -6.86. The average Bonchev–Trinajstić information content (AvgIpc) is 4.01. The monoisotopic (exact) mass is 851 g/mol. The van der Waals surface area contributed by atoms with Crippen LogP contribution in [-0.2, 0) is 42.1 Å². The molecule has 0 bridgehead atoms. The van der Waals surface area contributed by atoms with Crippen LogP contribution in [0.1, 0.15) is 85.6 Å². The second-order valence-corrected chi connectivity index (χ2v) is 14.5. The number of nitrogens with one attached hydrogen (secondary N) is 1. The Kier molecular flexibility index (Phi) is 14.5. The maximum atomic E-state index is 13.9. The number of hydrogen-bond acceptors (Lipinski definition) is 12. The first-order valence-electron chi connectivity index (χ1n) is 20.4. The Bertz CT molecular complexity index is 2460. The third-order valence-corrected chi connectivity index (χ3v) is 9.97. The highest BCUT2D eigenvalue weighted by atomic mass is 16.5. The van der Waals surface area contributed by atoms with E-state index in [1.165, 1.54) is 0 Å². The highest BCUT2D eigenvalue weighted by molar-refractivity contribution is 6.04. The van der Waals surface area contributed by atoms with E-state index in [4.69, 9.17) is 40.4 Å². The number of carbonyl (C=O) groups is 4. The first kappa shape index (κ1) is 44.7. The fraction of sp³-hybridized carbons (Fsp3) is 0.395. The normalized spacial score (nSPS) is 11.6. The Morgan fingerprint density at radius 1 is 0.677 bits per heavy atom. The van der Waals surface area contributed by atoms with Crippen molar-refractivity contribution in [1.29, 1.82) is 0 Å². The Morgan fingerprint density at radius 2 is 1.18 bits per heavy atom. The van der Waals surface area contributed by atoms with Crippen molar-refractivity contribution in [3.63, 3.8) is 0 Å². The second-order valence-electron chi connectivity index (χ2n) is 14.5. The maximum Gasteiger partial charge on any atom is 0.276 e. The molecule has 19 nitrogen and oxygen atoms in total. The number of anilines is 1. The lowest BCUT2D eigenvalue weighted by atomic mass is 10.1. The number of primary amides is 2. The van der Waals surface area contributed by atoms with Gasteiger partial charge in [-0.05, 0) is 64.1 Å². The van der Waals surface area contributed by atoms with Crippen molar-refractivity contribution in [2.45, 2.75) is 73.1 Å². The summed E-state index contributed by atoms with van der Waals surface area (Å²) in [6.45, 7) is 10.3. The van der Waals surface area contributed by atoms with Crippen molar-refractivity contribution < 1.29 is 38.1 Å². The predicted octanol–water partition coefficient (Wildman–Crippen LogP) is 4.40. The van der Waals surface area contributed by atoms with Gasteiger partial charge in [0.25, 0.3) is 5.91 Å². The standard InChI is InChI=1S/C43H53N11O8/c1-7-53-32(19-26(3)49-53)34(55)25-37-46-30-21-28(40(44)56)23-35(61-17-11-15-59-5)38(30)51(37)13-9-10-14-52-39-31(22-29(41(45)57)24-36(39)62-18-12-16-60-6)47-43(52)48-42(58)33-20-27(4)50-54(33)8-2/h9-10,19-24H,7-8,11-18,25H2,1-6H3,(H2,44,56)(H2,45,57)(H,47,48,58)/b10-9+. The largest absolute Gasteiger partial charge is 0.491 e. The molecule has 4 aromatic heterocycles. The van der Waals surface area contributed by atoms with Gasteiger partial charge in [-0.25, -0.2) is 9.97 Å². The van der Waals surface area contributed by atoms with Crippen LogP contribution in [0.25, 0.3) is 22.1 Å². The fourth-order valence-electron chi connectivity index (χ4n) is 7.13. The molecular weight excluding hydrogens is 799 g/mol. The zero-order chi connectivity index (χ0) is 44.5. The van der Waals surface area contributed by atoms with E-state index in [-0.39, 0.29) is 55.6 Å². The number of ketones is 1. The molecule has 0 aliphatic rings. The van der Waals surface area contributed by atoms with E-state index >= 15 is 0 Å². The zero-order valence-electron chi connectivity index (χ0n) is 35.9. The van der Waals surface area contributed by atoms with Crippen LogP contribution in [-0.4, -0.2) is 103 Å². The fourth-order valence-corrected chi connectivity index (χ4v) is 7.13. The molecule has 6 aromatic rings. The van der Waals surface area contributed by atoms with Gasteiger partial charge in [-0.2, -0.15) is 10.2 Å². The molecule has 6 rings (SSSR count). The average molecular weight is 852 g/mol. The molecule has 328 valence electrons. The zero-order valence-corrected chi connectivity index (χ0v) is 35.9. The number of nitrogens with zero attached hydrogens (tertiary/aromatic N) is 8.